The first-order valence-electron chi connectivity index (χ1n) is 8.37. The van der Waals surface area contributed by atoms with Crippen LogP contribution in [-0.2, 0) is 9.59 Å². The third-order valence-corrected chi connectivity index (χ3v) is 3.29. The average Bonchev–Trinajstić information content (AvgIpc) is 2.51. The van der Waals surface area contributed by atoms with Crippen molar-refractivity contribution in [1.29, 1.82) is 0 Å². The first kappa shape index (κ1) is 9.44. The summed E-state index contributed by atoms with van der Waals surface area (Å²) in [7, 11) is 0. The maximum Gasteiger partial charge on any atom is 0.264 e. The summed E-state index contributed by atoms with van der Waals surface area (Å²) >= 11 is 0. The molecule has 0 saturated heterocycles. The second-order valence-corrected chi connectivity index (χ2v) is 4.74. The first-order valence-corrected chi connectivity index (χ1v) is 6.30. The highest BCUT2D eigenvalue weighted by Gasteiger charge is 2.30. The molecule has 0 aliphatic heterocycles. The van der Waals surface area contributed by atoms with Gasteiger partial charge in [0.2, 0.25) is 0 Å². The fourth-order valence-electron chi connectivity index (χ4n) is 2.34. The van der Waals surface area contributed by atoms with Gasteiger partial charge in [0.1, 0.15) is 11.6 Å². The Balaban J connectivity index is 2.42. The highest BCUT2D eigenvalue weighted by atomic mass is 16.2. The van der Waals surface area contributed by atoms with Gasteiger partial charge in [-0.25, -0.2) is 4.98 Å². The molecule has 6 heteroatoms. The number of aromatic nitrogens is 2. The molecule has 2 N–H and O–H groups in total. The molecule has 1 aromatic heterocycles. The summed E-state index contributed by atoms with van der Waals surface area (Å²) < 4.78 is 33.0. The Morgan fingerprint density at radius 3 is 2.95 bits per heavy atom. The van der Waals surface area contributed by atoms with Crippen molar-refractivity contribution in [2.75, 3.05) is 5.73 Å². The molecule has 1 fully saturated rings. The lowest BCUT2D eigenvalue weighted by atomic mass is 9.92. The third-order valence-electron chi connectivity index (χ3n) is 3.29. The summed E-state index contributed by atoms with van der Waals surface area (Å²) in [5, 5.41) is -0.0400. The molecule has 1 aliphatic carbocycles. The minimum Gasteiger partial charge on any atom is -0.398 e. The molecule has 21 heavy (non-hydrogen) atoms. The van der Waals surface area contributed by atoms with Crippen LogP contribution in [0.3, 0.4) is 0 Å². The van der Waals surface area contributed by atoms with E-state index >= 15 is 0 Å². The minimum absolute atomic E-state index is 0.0400. The number of rotatable bonds is 1. The zero-order valence-electron chi connectivity index (χ0n) is 15.2. The van der Waals surface area contributed by atoms with E-state index in [9.17, 15) is 14.4 Å². The van der Waals surface area contributed by atoms with Crippen LogP contribution in [0.1, 0.15) is 36.5 Å². The van der Waals surface area contributed by atoms with E-state index in [0.717, 1.165) is 0 Å². The number of fused-ring (bicyclic) bond motifs is 1. The molecular weight excluding hydrogens is 270 g/mol. The molecule has 6 nitrogen and oxygen atoms in total. The molecule has 108 valence electrons. The molecule has 0 bridgehead atoms. The van der Waals surface area contributed by atoms with Gasteiger partial charge in [-0.2, -0.15) is 0 Å². The summed E-state index contributed by atoms with van der Waals surface area (Å²) in [4.78, 5) is 41.3. The van der Waals surface area contributed by atoms with Gasteiger partial charge in [-0.3, -0.25) is 19.0 Å². The maximum absolute atomic E-state index is 13.0. The van der Waals surface area contributed by atoms with E-state index < -0.39 is 42.3 Å². The normalized spacial score (nSPS) is 31.4. The van der Waals surface area contributed by atoms with E-state index in [1.165, 1.54) is 19.1 Å². The lowest BCUT2D eigenvalue weighted by molar-refractivity contribution is -0.132. The Hall–Kier alpha value is -2.50. The van der Waals surface area contributed by atoms with E-state index in [2.05, 4.69) is 4.98 Å². The molecule has 0 spiro atoms. The predicted molar refractivity (Wildman–Crippen MR) is 78.1 cm³/mol. The van der Waals surface area contributed by atoms with E-state index in [1.54, 1.807) is 6.07 Å². The van der Waals surface area contributed by atoms with Crippen LogP contribution in [0.25, 0.3) is 10.9 Å². The highest BCUT2D eigenvalue weighted by Crippen LogP contribution is 2.24. The number of nitrogen functional groups attached to an aromatic ring is 1. The Bertz CT molecular complexity index is 988. The molecule has 2 atom stereocenters. The molecule has 2 unspecified atom stereocenters. The zero-order chi connectivity index (χ0) is 18.7. The van der Waals surface area contributed by atoms with Crippen LogP contribution in [-0.4, -0.2) is 21.1 Å². The Morgan fingerprint density at radius 1 is 1.43 bits per heavy atom. The molecule has 0 radical (unpaired) electrons. The summed E-state index contributed by atoms with van der Waals surface area (Å²) in [5.41, 5.74) is 5.30. The van der Waals surface area contributed by atoms with Crippen molar-refractivity contribution >= 4 is 28.2 Å². The largest absolute Gasteiger partial charge is 0.398 e. The van der Waals surface area contributed by atoms with Crippen LogP contribution >= 0.6 is 0 Å². The second-order valence-electron chi connectivity index (χ2n) is 4.74. The van der Waals surface area contributed by atoms with E-state index in [4.69, 9.17) is 11.2 Å². The quantitative estimate of drug-likeness (QED) is 0.627. The van der Waals surface area contributed by atoms with Crippen LogP contribution in [0.4, 0.5) is 5.69 Å². The molecule has 1 heterocycles. The van der Waals surface area contributed by atoms with Crippen LogP contribution in [0.5, 0.6) is 0 Å². The number of nitrogens with zero attached hydrogens (tertiary/aromatic N) is 2. The van der Waals surface area contributed by atoms with Crippen molar-refractivity contribution in [3.8, 4) is 0 Å². The van der Waals surface area contributed by atoms with Crippen molar-refractivity contribution in [2.24, 2.45) is 0 Å². The highest BCUT2D eigenvalue weighted by molar-refractivity contribution is 6.03. The van der Waals surface area contributed by atoms with Crippen molar-refractivity contribution < 1.29 is 15.1 Å². The van der Waals surface area contributed by atoms with Crippen LogP contribution in [0.2, 0.25) is 0 Å². The lowest BCUT2D eigenvalue weighted by Gasteiger charge is -2.24. The van der Waals surface area contributed by atoms with Gasteiger partial charge in [0.15, 0.2) is 5.78 Å². The molecule has 1 saturated carbocycles. The van der Waals surface area contributed by atoms with Gasteiger partial charge < -0.3 is 5.73 Å². The minimum atomic E-state index is -2.91. The van der Waals surface area contributed by atoms with Crippen LogP contribution < -0.4 is 11.3 Å². The summed E-state index contributed by atoms with van der Waals surface area (Å²) in [6, 6.07) is 1.80. The predicted octanol–water partition coefficient (Wildman–Crippen LogP) is 1.15. The number of carbonyl (C=O) groups is 2. The topological polar surface area (TPSA) is 95.1 Å². The monoisotopic (exact) mass is 289 g/mol. The number of Topliss-reactive ketones (excluding diaryl/α,β-unsaturated/α-hetero) is 2. The van der Waals surface area contributed by atoms with Gasteiger partial charge in [-0.15, -0.1) is 0 Å². The molecule has 2 aromatic rings. The Kier molecular flexibility index (Phi) is 2.16. The van der Waals surface area contributed by atoms with Crippen LogP contribution in [0.15, 0.2) is 23.0 Å². The van der Waals surface area contributed by atoms with Gasteiger partial charge in [-0.05, 0) is 25.4 Å². The summed E-state index contributed by atoms with van der Waals surface area (Å²) in [6.45, 7) is 1.36. The standard InChI is InChI=1S/C15H15N3O3/c1-8-17-11-4-2-3-10(16)14(11)15(21)18(8)12-6-5-9(19)7-13(12)20/h2-4,12H,5-7,16H2,1H3/i5D,6D2,12D. The SMILES string of the molecule is [2H]C1C(=O)CC(=O)C([2H])(n2c(C)nc3cccc(N)c3c2=O)C1([2H])[2H]. The Labute approximate surface area is 126 Å². The van der Waals surface area contributed by atoms with Crippen molar-refractivity contribution in [3.63, 3.8) is 0 Å². The fourth-order valence-corrected chi connectivity index (χ4v) is 2.34. The number of hydrogen-bond acceptors (Lipinski definition) is 5. The lowest BCUT2D eigenvalue weighted by Crippen LogP contribution is -2.36. The summed E-state index contributed by atoms with van der Waals surface area (Å²) in [5.74, 6) is -2.08. The van der Waals surface area contributed by atoms with Gasteiger partial charge in [0, 0.05) is 16.2 Å². The second kappa shape index (κ2) is 4.80. The van der Waals surface area contributed by atoms with Crippen molar-refractivity contribution in [2.45, 2.75) is 32.1 Å². The molecule has 0 amide bonds. The van der Waals surface area contributed by atoms with Crippen molar-refractivity contribution in [3.05, 3.63) is 34.4 Å². The number of hydrogen-bond donors (Lipinski definition) is 1. The number of anilines is 1. The number of aryl methyl sites for hydroxylation is 1. The number of nitrogens with two attached hydrogens (primary N) is 1. The van der Waals surface area contributed by atoms with Gasteiger partial charge in [-0.1, -0.05) is 6.07 Å². The zero-order valence-corrected chi connectivity index (χ0v) is 11.2. The molecular formula is C15H15N3O3. The number of benzene rings is 1. The molecule has 3 rings (SSSR count). The molecule has 1 aliphatic rings. The van der Waals surface area contributed by atoms with E-state index in [0.29, 0.717) is 4.57 Å². The van der Waals surface area contributed by atoms with E-state index in [-0.39, 0.29) is 22.4 Å². The van der Waals surface area contributed by atoms with Crippen LogP contribution in [0, 0.1) is 6.92 Å². The average molecular weight is 289 g/mol. The van der Waals surface area contributed by atoms with Crippen molar-refractivity contribution in [1.82, 2.24) is 9.55 Å². The van der Waals surface area contributed by atoms with Gasteiger partial charge in [0.05, 0.1) is 24.7 Å². The first-order chi connectivity index (χ1) is 11.5. The smallest absolute Gasteiger partial charge is 0.264 e. The maximum atomic E-state index is 13.0. The number of ketones is 2. The summed E-state index contributed by atoms with van der Waals surface area (Å²) in [6.07, 6.45) is -5.66. The third kappa shape index (κ3) is 2.12. The Morgan fingerprint density at radius 2 is 2.19 bits per heavy atom. The van der Waals surface area contributed by atoms with Gasteiger partial charge >= 0.3 is 0 Å². The number of carbonyl (C=O) groups excluding carboxylic acids is 2. The fraction of sp³-hybridized carbons (Fsp3) is 0.333. The van der Waals surface area contributed by atoms with E-state index in [1.807, 2.05) is 0 Å². The van der Waals surface area contributed by atoms with Gasteiger partial charge in [0.25, 0.3) is 5.56 Å². The molecule has 1 aromatic carbocycles.